The molecule has 2 aromatic carbocycles. The van der Waals surface area contributed by atoms with Crippen LogP contribution in [0, 0.1) is 5.92 Å². The predicted molar refractivity (Wildman–Crippen MR) is 128 cm³/mol. The molecule has 2 aliphatic heterocycles. The number of nitrogens with zero attached hydrogens (tertiary/aromatic N) is 2. The molecule has 1 N–H and O–H groups in total. The van der Waals surface area contributed by atoms with Gasteiger partial charge in [0, 0.05) is 38.6 Å². The number of carbonyl (C=O) groups is 2. The molecule has 6 nitrogen and oxygen atoms in total. The lowest BCUT2D eigenvalue weighted by molar-refractivity contribution is -0.144. The predicted octanol–water partition coefficient (Wildman–Crippen LogP) is 3.39. The van der Waals surface area contributed by atoms with Gasteiger partial charge < -0.3 is 15.0 Å². The highest BCUT2D eigenvalue weighted by molar-refractivity contribution is 5.85. The smallest absolute Gasteiger partial charge is 0.225 e. The van der Waals surface area contributed by atoms with Gasteiger partial charge in [-0.15, -0.1) is 0 Å². The lowest BCUT2D eigenvalue weighted by Gasteiger charge is -2.41. The third-order valence-corrected chi connectivity index (χ3v) is 6.75. The van der Waals surface area contributed by atoms with Crippen molar-refractivity contribution in [2.45, 2.75) is 44.8 Å². The van der Waals surface area contributed by atoms with Gasteiger partial charge in [0.1, 0.15) is 0 Å². The Morgan fingerprint density at radius 2 is 1.73 bits per heavy atom. The summed E-state index contributed by atoms with van der Waals surface area (Å²) >= 11 is 0. The third-order valence-electron chi connectivity index (χ3n) is 6.75. The van der Waals surface area contributed by atoms with Crippen molar-refractivity contribution in [3.05, 3.63) is 71.8 Å². The molecule has 6 heteroatoms. The van der Waals surface area contributed by atoms with Crippen molar-refractivity contribution < 1.29 is 14.3 Å². The molecule has 2 amide bonds. The maximum Gasteiger partial charge on any atom is 0.225 e. The van der Waals surface area contributed by atoms with Gasteiger partial charge in [0.25, 0.3) is 0 Å². The number of amides is 2. The normalized spacial score (nSPS) is 22.7. The molecule has 33 heavy (non-hydrogen) atoms. The minimum atomic E-state index is -0.265. The molecule has 2 saturated heterocycles. The lowest BCUT2D eigenvalue weighted by atomic mass is 9.83. The Morgan fingerprint density at radius 1 is 1.06 bits per heavy atom. The number of morpholine rings is 1. The summed E-state index contributed by atoms with van der Waals surface area (Å²) in [5, 5.41) is 3.25. The molecule has 2 aromatic rings. The van der Waals surface area contributed by atoms with Crippen LogP contribution in [0.4, 0.5) is 0 Å². The summed E-state index contributed by atoms with van der Waals surface area (Å²) < 4.78 is 5.42. The minimum absolute atomic E-state index is 0.0453. The van der Waals surface area contributed by atoms with Gasteiger partial charge in [-0.25, -0.2) is 0 Å². The average Bonchev–Trinajstić information content (AvgIpc) is 2.85. The van der Waals surface area contributed by atoms with E-state index in [1.165, 1.54) is 0 Å². The maximum atomic E-state index is 13.5. The van der Waals surface area contributed by atoms with E-state index in [1.807, 2.05) is 65.6 Å². The highest BCUT2D eigenvalue weighted by Crippen LogP contribution is 2.38. The first kappa shape index (κ1) is 23.5. The summed E-state index contributed by atoms with van der Waals surface area (Å²) in [6, 6.07) is 19.8. The van der Waals surface area contributed by atoms with Crippen LogP contribution in [0.15, 0.2) is 60.7 Å². The van der Waals surface area contributed by atoms with Crippen molar-refractivity contribution in [2.24, 2.45) is 5.92 Å². The van der Waals surface area contributed by atoms with Crippen LogP contribution in [0.5, 0.6) is 0 Å². The molecule has 2 fully saturated rings. The largest absolute Gasteiger partial charge is 0.379 e. The first-order valence-electron chi connectivity index (χ1n) is 12.1. The van der Waals surface area contributed by atoms with Crippen molar-refractivity contribution in [1.82, 2.24) is 15.1 Å². The fourth-order valence-electron chi connectivity index (χ4n) is 4.88. The number of hydrogen-bond donors (Lipinski definition) is 1. The second kappa shape index (κ2) is 11.4. The van der Waals surface area contributed by atoms with Gasteiger partial charge in [-0.1, -0.05) is 60.7 Å². The summed E-state index contributed by atoms with van der Waals surface area (Å²) in [4.78, 5) is 30.8. The van der Waals surface area contributed by atoms with Gasteiger partial charge >= 0.3 is 0 Å². The Labute approximate surface area is 196 Å². The first-order chi connectivity index (χ1) is 16.1. The average molecular weight is 450 g/mol. The molecule has 0 radical (unpaired) electrons. The number of rotatable bonds is 8. The molecule has 3 unspecified atom stereocenters. The van der Waals surface area contributed by atoms with Crippen LogP contribution in [-0.4, -0.2) is 60.5 Å². The minimum Gasteiger partial charge on any atom is -0.379 e. The molecule has 0 aromatic heterocycles. The van der Waals surface area contributed by atoms with Gasteiger partial charge in [0.05, 0.1) is 25.2 Å². The zero-order valence-electron chi connectivity index (χ0n) is 19.5. The van der Waals surface area contributed by atoms with E-state index in [0.29, 0.717) is 19.4 Å². The highest BCUT2D eigenvalue weighted by Gasteiger charge is 2.40. The third kappa shape index (κ3) is 6.21. The van der Waals surface area contributed by atoms with E-state index in [9.17, 15) is 9.59 Å². The molecule has 0 aliphatic carbocycles. The Balaban J connectivity index is 1.47. The molecular weight excluding hydrogens is 414 g/mol. The molecule has 2 heterocycles. The van der Waals surface area contributed by atoms with Crippen LogP contribution in [0.3, 0.4) is 0 Å². The second-order valence-corrected chi connectivity index (χ2v) is 9.16. The van der Waals surface area contributed by atoms with E-state index in [2.05, 4.69) is 17.1 Å². The highest BCUT2D eigenvalue weighted by atomic mass is 16.5. The SMILES string of the molecule is CC(CCN1CCOCC1)NC(=O)C1CCC(=O)N(Cc2ccccc2)C1c1ccccc1. The fraction of sp³-hybridized carbons (Fsp3) is 0.481. The van der Waals surface area contributed by atoms with Crippen LogP contribution in [0.25, 0.3) is 0 Å². The topological polar surface area (TPSA) is 61.9 Å². The zero-order valence-corrected chi connectivity index (χ0v) is 19.5. The Kier molecular flexibility index (Phi) is 8.13. The number of carbonyl (C=O) groups excluding carboxylic acids is 2. The zero-order chi connectivity index (χ0) is 23.0. The van der Waals surface area contributed by atoms with Gasteiger partial charge in [0.15, 0.2) is 0 Å². The van der Waals surface area contributed by atoms with Gasteiger partial charge in [-0.3, -0.25) is 14.5 Å². The molecule has 0 spiro atoms. The Bertz CT molecular complexity index is 899. The Morgan fingerprint density at radius 3 is 2.42 bits per heavy atom. The summed E-state index contributed by atoms with van der Waals surface area (Å²) in [6.45, 7) is 7.02. The molecule has 0 saturated carbocycles. The van der Waals surface area contributed by atoms with Crippen LogP contribution in [0.2, 0.25) is 0 Å². The molecular formula is C27H35N3O3. The summed E-state index contributed by atoms with van der Waals surface area (Å²) in [7, 11) is 0. The number of hydrogen-bond acceptors (Lipinski definition) is 4. The molecule has 176 valence electrons. The molecule has 0 bridgehead atoms. The van der Waals surface area contributed by atoms with E-state index < -0.39 is 0 Å². The van der Waals surface area contributed by atoms with E-state index in [4.69, 9.17) is 4.74 Å². The first-order valence-corrected chi connectivity index (χ1v) is 12.1. The van der Waals surface area contributed by atoms with Crippen LogP contribution < -0.4 is 5.32 Å². The van der Waals surface area contributed by atoms with Gasteiger partial charge in [-0.05, 0) is 30.9 Å². The lowest BCUT2D eigenvalue weighted by Crippen LogP contribution is -2.49. The maximum absolute atomic E-state index is 13.5. The molecule has 3 atom stereocenters. The molecule has 4 rings (SSSR count). The van der Waals surface area contributed by atoms with Gasteiger partial charge in [-0.2, -0.15) is 0 Å². The van der Waals surface area contributed by atoms with Crippen molar-refractivity contribution in [3.8, 4) is 0 Å². The second-order valence-electron chi connectivity index (χ2n) is 9.16. The van der Waals surface area contributed by atoms with Crippen molar-refractivity contribution in [3.63, 3.8) is 0 Å². The summed E-state index contributed by atoms with van der Waals surface area (Å²) in [5.41, 5.74) is 2.09. The van der Waals surface area contributed by atoms with Crippen molar-refractivity contribution in [1.29, 1.82) is 0 Å². The monoisotopic (exact) mass is 449 g/mol. The number of piperidine rings is 1. The standard InChI is InChI=1S/C27H35N3O3/c1-21(14-15-29-16-18-33-19-17-29)28-27(32)24-12-13-25(31)30(20-22-8-4-2-5-9-22)26(24)23-10-6-3-7-11-23/h2-11,21,24,26H,12-20H2,1H3,(H,28,32). The fourth-order valence-corrected chi connectivity index (χ4v) is 4.88. The van der Waals surface area contributed by atoms with E-state index in [0.717, 1.165) is 50.4 Å². The summed E-state index contributed by atoms with van der Waals surface area (Å²) in [5.74, 6) is -0.110. The van der Waals surface area contributed by atoms with E-state index >= 15 is 0 Å². The number of ether oxygens (including phenoxy) is 1. The quantitative estimate of drug-likeness (QED) is 0.671. The van der Waals surface area contributed by atoms with Gasteiger partial charge in [0.2, 0.25) is 11.8 Å². The number of benzene rings is 2. The molecule has 2 aliphatic rings. The van der Waals surface area contributed by atoms with E-state index in [-0.39, 0.29) is 29.8 Å². The Hall–Kier alpha value is -2.70. The number of likely N-dealkylation sites (tertiary alicyclic amines) is 1. The van der Waals surface area contributed by atoms with E-state index in [1.54, 1.807) is 0 Å². The van der Waals surface area contributed by atoms with Crippen LogP contribution in [-0.2, 0) is 20.9 Å². The van der Waals surface area contributed by atoms with Crippen molar-refractivity contribution in [2.75, 3.05) is 32.8 Å². The van der Waals surface area contributed by atoms with Crippen LogP contribution in [0.1, 0.15) is 43.4 Å². The number of nitrogens with one attached hydrogen (secondary N) is 1. The van der Waals surface area contributed by atoms with Crippen molar-refractivity contribution >= 4 is 11.8 Å². The summed E-state index contributed by atoms with van der Waals surface area (Å²) in [6.07, 6.45) is 1.88. The van der Waals surface area contributed by atoms with Crippen LogP contribution >= 0.6 is 0 Å².